The van der Waals surface area contributed by atoms with E-state index in [4.69, 9.17) is 5.11 Å². The lowest BCUT2D eigenvalue weighted by atomic mass is 10.0. The largest absolute Gasteiger partial charge is 0.507 e. The molecular formula is C11H12O2S. The summed E-state index contributed by atoms with van der Waals surface area (Å²) in [6.07, 6.45) is 0.788. The van der Waals surface area contributed by atoms with Gasteiger partial charge in [-0.15, -0.1) is 11.3 Å². The summed E-state index contributed by atoms with van der Waals surface area (Å²) in [6, 6.07) is 3.86. The Labute approximate surface area is 86.4 Å². The topological polar surface area (TPSA) is 40.5 Å². The third-order valence-corrected chi connectivity index (χ3v) is 3.40. The van der Waals surface area contributed by atoms with E-state index in [1.807, 2.05) is 24.4 Å². The highest BCUT2D eigenvalue weighted by atomic mass is 32.1. The molecule has 2 nitrogen and oxygen atoms in total. The summed E-state index contributed by atoms with van der Waals surface area (Å²) in [5, 5.41) is 22.0. The first-order valence-electron chi connectivity index (χ1n) is 4.59. The maximum Gasteiger partial charge on any atom is 0.125 e. The minimum absolute atomic E-state index is 0.107. The van der Waals surface area contributed by atoms with Crippen molar-refractivity contribution in [2.75, 3.05) is 0 Å². The number of hydrogen-bond acceptors (Lipinski definition) is 3. The highest BCUT2D eigenvalue weighted by Gasteiger charge is 2.11. The summed E-state index contributed by atoms with van der Waals surface area (Å²) in [6.45, 7) is 1.90. The van der Waals surface area contributed by atoms with Gasteiger partial charge in [0.05, 0.1) is 6.61 Å². The van der Waals surface area contributed by atoms with Gasteiger partial charge in [-0.05, 0) is 29.3 Å². The van der Waals surface area contributed by atoms with Crippen LogP contribution in [0.2, 0.25) is 0 Å². The van der Waals surface area contributed by atoms with Gasteiger partial charge in [0.25, 0.3) is 0 Å². The first-order chi connectivity index (χ1) is 6.77. The minimum atomic E-state index is -0.107. The van der Waals surface area contributed by atoms with Crippen LogP contribution in [0, 0.1) is 0 Å². The molecular weight excluding hydrogens is 196 g/mol. The maximum absolute atomic E-state index is 9.85. The molecule has 0 amide bonds. The van der Waals surface area contributed by atoms with E-state index < -0.39 is 0 Å². The number of thiophene rings is 1. The molecule has 2 rings (SSSR count). The summed E-state index contributed by atoms with van der Waals surface area (Å²) in [5.74, 6) is 0.255. The standard InChI is InChI=1S/C11H12O2S/c1-2-9-10(13)8(6-12)5-7-3-4-14-11(7)9/h3-5,12-13H,2,6H2,1H3. The Morgan fingerprint density at radius 1 is 1.43 bits per heavy atom. The Morgan fingerprint density at radius 2 is 2.21 bits per heavy atom. The van der Waals surface area contributed by atoms with E-state index in [2.05, 4.69) is 0 Å². The highest BCUT2D eigenvalue weighted by molar-refractivity contribution is 7.17. The highest BCUT2D eigenvalue weighted by Crippen LogP contribution is 2.34. The third-order valence-electron chi connectivity index (χ3n) is 2.41. The Balaban J connectivity index is 2.80. The predicted octanol–water partition coefficient (Wildman–Crippen LogP) is 2.66. The Bertz CT molecular complexity index is 460. The zero-order chi connectivity index (χ0) is 10.1. The Hall–Kier alpha value is -1.06. The van der Waals surface area contributed by atoms with E-state index >= 15 is 0 Å². The molecule has 0 radical (unpaired) electrons. The van der Waals surface area contributed by atoms with Gasteiger partial charge in [-0.3, -0.25) is 0 Å². The number of rotatable bonds is 2. The van der Waals surface area contributed by atoms with Crippen molar-refractivity contribution in [3.05, 3.63) is 28.6 Å². The van der Waals surface area contributed by atoms with Gasteiger partial charge < -0.3 is 10.2 Å². The number of phenols is 1. The average molecular weight is 208 g/mol. The number of benzene rings is 1. The van der Waals surface area contributed by atoms with Crippen LogP contribution in [0.25, 0.3) is 10.1 Å². The molecule has 3 heteroatoms. The second-order valence-corrected chi connectivity index (χ2v) is 4.13. The molecule has 14 heavy (non-hydrogen) atoms. The predicted molar refractivity (Wildman–Crippen MR) is 58.8 cm³/mol. The van der Waals surface area contributed by atoms with Gasteiger partial charge in [-0.25, -0.2) is 0 Å². The number of aryl methyl sites for hydroxylation is 1. The molecule has 0 aliphatic heterocycles. The summed E-state index contributed by atoms with van der Waals surface area (Å²) in [7, 11) is 0. The molecule has 0 saturated heterocycles. The molecule has 2 N–H and O–H groups in total. The normalized spacial score (nSPS) is 11.0. The van der Waals surface area contributed by atoms with E-state index in [1.165, 1.54) is 0 Å². The lowest BCUT2D eigenvalue weighted by Crippen LogP contribution is -1.90. The average Bonchev–Trinajstić information content (AvgIpc) is 2.64. The van der Waals surface area contributed by atoms with E-state index in [1.54, 1.807) is 11.3 Å². The molecule has 0 saturated carbocycles. The van der Waals surface area contributed by atoms with Gasteiger partial charge in [-0.2, -0.15) is 0 Å². The van der Waals surface area contributed by atoms with Crippen LogP contribution < -0.4 is 0 Å². The van der Waals surface area contributed by atoms with Crippen LogP contribution in [0.4, 0.5) is 0 Å². The van der Waals surface area contributed by atoms with E-state index in [-0.39, 0.29) is 12.4 Å². The lowest BCUT2D eigenvalue weighted by Gasteiger charge is -2.07. The summed E-state index contributed by atoms with van der Waals surface area (Å²) >= 11 is 1.63. The first kappa shape index (κ1) is 9.49. The van der Waals surface area contributed by atoms with Crippen molar-refractivity contribution in [3.8, 4) is 5.75 Å². The molecule has 0 atom stereocenters. The molecule has 0 aliphatic rings. The zero-order valence-corrected chi connectivity index (χ0v) is 8.77. The van der Waals surface area contributed by atoms with Crippen molar-refractivity contribution >= 4 is 21.4 Å². The SMILES string of the molecule is CCc1c(O)c(CO)cc2ccsc12. The van der Waals surface area contributed by atoms with Gasteiger partial charge in [0.2, 0.25) is 0 Å². The Morgan fingerprint density at radius 3 is 2.86 bits per heavy atom. The number of aliphatic hydroxyl groups is 1. The fourth-order valence-corrected chi connectivity index (χ4v) is 2.68. The summed E-state index contributed by atoms with van der Waals surface area (Å²) < 4.78 is 1.13. The summed E-state index contributed by atoms with van der Waals surface area (Å²) in [4.78, 5) is 0. The second-order valence-electron chi connectivity index (χ2n) is 3.21. The van der Waals surface area contributed by atoms with Crippen LogP contribution in [-0.2, 0) is 13.0 Å². The van der Waals surface area contributed by atoms with Crippen molar-refractivity contribution in [1.29, 1.82) is 0 Å². The van der Waals surface area contributed by atoms with Gasteiger partial charge in [0.1, 0.15) is 5.75 Å². The molecule has 2 aromatic rings. The molecule has 1 aromatic carbocycles. The number of aliphatic hydroxyl groups excluding tert-OH is 1. The van der Waals surface area contributed by atoms with E-state index in [0.29, 0.717) is 5.56 Å². The van der Waals surface area contributed by atoms with Crippen LogP contribution in [0.1, 0.15) is 18.1 Å². The van der Waals surface area contributed by atoms with Gasteiger partial charge in [0, 0.05) is 15.8 Å². The maximum atomic E-state index is 9.85. The lowest BCUT2D eigenvalue weighted by molar-refractivity contribution is 0.275. The van der Waals surface area contributed by atoms with Crippen LogP contribution >= 0.6 is 11.3 Å². The van der Waals surface area contributed by atoms with Crippen molar-refractivity contribution in [2.24, 2.45) is 0 Å². The monoisotopic (exact) mass is 208 g/mol. The molecule has 74 valence electrons. The van der Waals surface area contributed by atoms with Crippen molar-refractivity contribution < 1.29 is 10.2 Å². The zero-order valence-electron chi connectivity index (χ0n) is 7.95. The molecule has 1 aromatic heterocycles. The summed E-state index contributed by atoms with van der Waals surface area (Å²) in [5.41, 5.74) is 1.56. The molecule has 1 heterocycles. The molecule has 0 aliphatic carbocycles. The quantitative estimate of drug-likeness (QED) is 0.796. The number of hydrogen-bond donors (Lipinski definition) is 2. The molecule has 0 unspecified atom stereocenters. The van der Waals surface area contributed by atoms with Crippen LogP contribution in [0.3, 0.4) is 0 Å². The fraction of sp³-hybridized carbons (Fsp3) is 0.273. The van der Waals surface area contributed by atoms with Crippen molar-refractivity contribution in [2.45, 2.75) is 20.0 Å². The van der Waals surface area contributed by atoms with Crippen molar-refractivity contribution in [1.82, 2.24) is 0 Å². The van der Waals surface area contributed by atoms with Crippen LogP contribution in [-0.4, -0.2) is 10.2 Å². The minimum Gasteiger partial charge on any atom is -0.507 e. The van der Waals surface area contributed by atoms with E-state index in [9.17, 15) is 5.11 Å². The number of aromatic hydroxyl groups is 1. The van der Waals surface area contributed by atoms with E-state index in [0.717, 1.165) is 22.1 Å². The second kappa shape index (κ2) is 3.59. The smallest absolute Gasteiger partial charge is 0.125 e. The van der Waals surface area contributed by atoms with Gasteiger partial charge in [0.15, 0.2) is 0 Å². The third kappa shape index (κ3) is 1.29. The van der Waals surface area contributed by atoms with Gasteiger partial charge >= 0.3 is 0 Å². The molecule has 0 fully saturated rings. The van der Waals surface area contributed by atoms with Crippen LogP contribution in [0.15, 0.2) is 17.5 Å². The fourth-order valence-electron chi connectivity index (χ4n) is 1.68. The Kier molecular flexibility index (Phi) is 2.44. The van der Waals surface area contributed by atoms with Gasteiger partial charge in [-0.1, -0.05) is 6.92 Å². The van der Waals surface area contributed by atoms with Crippen molar-refractivity contribution in [3.63, 3.8) is 0 Å². The molecule has 0 spiro atoms. The molecule has 0 bridgehead atoms. The number of fused-ring (bicyclic) bond motifs is 1. The first-order valence-corrected chi connectivity index (χ1v) is 5.47. The van der Waals surface area contributed by atoms with Crippen LogP contribution in [0.5, 0.6) is 5.75 Å².